The van der Waals surface area contributed by atoms with Crippen LogP contribution >= 0.6 is 0 Å². The lowest BCUT2D eigenvalue weighted by atomic mass is 10.2. The zero-order valence-corrected chi connectivity index (χ0v) is 8.96. The highest BCUT2D eigenvalue weighted by atomic mass is 16.3. The van der Waals surface area contributed by atoms with E-state index in [1.165, 1.54) is 6.33 Å². The van der Waals surface area contributed by atoms with Gasteiger partial charge >= 0.3 is 0 Å². The van der Waals surface area contributed by atoms with Crippen molar-refractivity contribution in [3.63, 3.8) is 0 Å². The summed E-state index contributed by atoms with van der Waals surface area (Å²) in [5.41, 5.74) is 2.19. The maximum atomic E-state index is 9.70. The van der Waals surface area contributed by atoms with Gasteiger partial charge in [-0.25, -0.2) is 9.97 Å². The average Bonchev–Trinajstić information content (AvgIpc) is 2.32. The lowest BCUT2D eigenvalue weighted by Gasteiger charge is -1.99. The van der Waals surface area contributed by atoms with Gasteiger partial charge in [-0.15, -0.1) is 0 Å². The monoisotopic (exact) mass is 212 g/mol. The molecule has 0 aliphatic rings. The summed E-state index contributed by atoms with van der Waals surface area (Å²) in [5, 5.41) is 9.70. The first kappa shape index (κ1) is 10.4. The van der Waals surface area contributed by atoms with E-state index in [0.29, 0.717) is 11.4 Å². The van der Waals surface area contributed by atoms with Crippen molar-refractivity contribution in [3.8, 4) is 5.75 Å². The minimum Gasteiger partial charge on any atom is -0.504 e. The topological polar surface area (TPSA) is 46.0 Å². The largest absolute Gasteiger partial charge is 0.504 e. The number of aromatic hydroxyl groups is 1. The summed E-state index contributed by atoms with van der Waals surface area (Å²) in [4.78, 5) is 7.91. The molecule has 2 rings (SSSR count). The Kier molecular flexibility index (Phi) is 2.96. The first-order valence-corrected chi connectivity index (χ1v) is 5.01. The van der Waals surface area contributed by atoms with Crippen molar-refractivity contribution in [1.82, 2.24) is 9.97 Å². The molecule has 0 saturated heterocycles. The summed E-state index contributed by atoms with van der Waals surface area (Å²) in [5.74, 6) is 0.134. The van der Waals surface area contributed by atoms with E-state index in [0.717, 1.165) is 5.56 Å². The van der Waals surface area contributed by atoms with Gasteiger partial charge in [0, 0.05) is 0 Å². The van der Waals surface area contributed by atoms with Crippen LogP contribution in [0.15, 0.2) is 36.7 Å². The Morgan fingerprint density at radius 2 is 1.81 bits per heavy atom. The zero-order chi connectivity index (χ0) is 11.4. The number of aryl methyl sites for hydroxylation is 1. The lowest BCUT2D eigenvalue weighted by molar-refractivity contribution is 0.463. The van der Waals surface area contributed by atoms with Crippen LogP contribution in [0, 0.1) is 6.92 Å². The van der Waals surface area contributed by atoms with Crippen molar-refractivity contribution >= 4 is 12.2 Å². The van der Waals surface area contributed by atoms with Gasteiger partial charge in [0.1, 0.15) is 12.0 Å². The van der Waals surface area contributed by atoms with Gasteiger partial charge in [0.15, 0.2) is 5.75 Å². The normalized spacial score (nSPS) is 10.8. The standard InChI is InChI=1S/C13H12N2O/c1-10-13(16)12(15-9-14-10)8-7-11-5-3-2-4-6-11/h2-9,16H,1H3/b8-7+. The van der Waals surface area contributed by atoms with E-state index in [4.69, 9.17) is 0 Å². The Morgan fingerprint density at radius 3 is 2.56 bits per heavy atom. The van der Waals surface area contributed by atoms with Crippen LogP contribution in [0.25, 0.3) is 12.2 Å². The van der Waals surface area contributed by atoms with Crippen LogP contribution in [0.3, 0.4) is 0 Å². The molecule has 80 valence electrons. The van der Waals surface area contributed by atoms with Gasteiger partial charge in [-0.3, -0.25) is 0 Å². The maximum Gasteiger partial charge on any atom is 0.162 e. The quantitative estimate of drug-likeness (QED) is 0.832. The number of rotatable bonds is 2. The van der Waals surface area contributed by atoms with Crippen LogP contribution in [-0.4, -0.2) is 15.1 Å². The molecule has 0 bridgehead atoms. The molecule has 0 amide bonds. The van der Waals surface area contributed by atoms with E-state index in [2.05, 4.69) is 9.97 Å². The van der Waals surface area contributed by atoms with Gasteiger partial charge in [0.2, 0.25) is 0 Å². The Balaban J connectivity index is 2.28. The molecule has 0 unspecified atom stereocenters. The number of hydrogen-bond acceptors (Lipinski definition) is 3. The van der Waals surface area contributed by atoms with Gasteiger partial charge in [-0.2, -0.15) is 0 Å². The van der Waals surface area contributed by atoms with Crippen LogP contribution in [0.1, 0.15) is 17.0 Å². The first-order chi connectivity index (χ1) is 7.77. The van der Waals surface area contributed by atoms with E-state index in [-0.39, 0.29) is 5.75 Å². The third-order valence-electron chi connectivity index (χ3n) is 2.27. The van der Waals surface area contributed by atoms with Crippen LogP contribution in [0.4, 0.5) is 0 Å². The predicted molar refractivity (Wildman–Crippen MR) is 63.8 cm³/mol. The summed E-state index contributed by atoms with van der Waals surface area (Å²) >= 11 is 0. The molecule has 2 aromatic rings. The Hall–Kier alpha value is -2.16. The first-order valence-electron chi connectivity index (χ1n) is 5.01. The van der Waals surface area contributed by atoms with Gasteiger partial charge < -0.3 is 5.11 Å². The fraction of sp³-hybridized carbons (Fsp3) is 0.0769. The van der Waals surface area contributed by atoms with Crippen molar-refractivity contribution in [2.75, 3.05) is 0 Å². The smallest absolute Gasteiger partial charge is 0.162 e. The molecule has 16 heavy (non-hydrogen) atoms. The van der Waals surface area contributed by atoms with Crippen LogP contribution < -0.4 is 0 Å². The molecular formula is C13H12N2O. The van der Waals surface area contributed by atoms with E-state index < -0.39 is 0 Å². The van der Waals surface area contributed by atoms with Gasteiger partial charge in [0.05, 0.1) is 5.69 Å². The molecule has 0 aliphatic heterocycles. The van der Waals surface area contributed by atoms with Crippen LogP contribution in [0.2, 0.25) is 0 Å². The number of aromatic nitrogens is 2. The van der Waals surface area contributed by atoms with Gasteiger partial charge in [-0.1, -0.05) is 36.4 Å². The molecule has 1 aromatic heterocycles. The Morgan fingerprint density at radius 1 is 1.06 bits per heavy atom. The van der Waals surface area contributed by atoms with E-state index in [1.54, 1.807) is 13.0 Å². The minimum atomic E-state index is 0.134. The fourth-order valence-electron chi connectivity index (χ4n) is 1.35. The number of benzene rings is 1. The van der Waals surface area contributed by atoms with E-state index in [9.17, 15) is 5.11 Å². The highest BCUT2D eigenvalue weighted by Gasteiger charge is 2.02. The van der Waals surface area contributed by atoms with Crippen molar-refractivity contribution in [2.45, 2.75) is 6.92 Å². The summed E-state index contributed by atoms with van der Waals surface area (Å²) in [6.07, 6.45) is 5.13. The molecule has 3 nitrogen and oxygen atoms in total. The lowest BCUT2D eigenvalue weighted by Crippen LogP contribution is -1.88. The average molecular weight is 212 g/mol. The summed E-state index contributed by atoms with van der Waals surface area (Å²) in [6, 6.07) is 9.86. The Labute approximate surface area is 94.1 Å². The summed E-state index contributed by atoms with van der Waals surface area (Å²) in [6.45, 7) is 1.75. The molecule has 3 heteroatoms. The highest BCUT2D eigenvalue weighted by Crippen LogP contribution is 2.19. The van der Waals surface area contributed by atoms with Gasteiger partial charge in [-0.05, 0) is 18.6 Å². The summed E-state index contributed by atoms with van der Waals surface area (Å²) < 4.78 is 0. The molecule has 0 fully saturated rings. The molecule has 0 aliphatic carbocycles. The van der Waals surface area contributed by atoms with Gasteiger partial charge in [0.25, 0.3) is 0 Å². The summed E-state index contributed by atoms with van der Waals surface area (Å²) in [7, 11) is 0. The molecule has 1 aromatic carbocycles. The highest BCUT2D eigenvalue weighted by molar-refractivity contribution is 5.70. The van der Waals surface area contributed by atoms with E-state index in [1.807, 2.05) is 36.4 Å². The second kappa shape index (κ2) is 4.57. The van der Waals surface area contributed by atoms with Crippen molar-refractivity contribution in [1.29, 1.82) is 0 Å². The molecule has 0 saturated carbocycles. The molecular weight excluding hydrogens is 200 g/mol. The fourth-order valence-corrected chi connectivity index (χ4v) is 1.35. The zero-order valence-electron chi connectivity index (χ0n) is 8.96. The second-order valence-electron chi connectivity index (χ2n) is 3.44. The SMILES string of the molecule is Cc1ncnc(/C=C/c2ccccc2)c1O. The van der Waals surface area contributed by atoms with Crippen molar-refractivity contribution in [3.05, 3.63) is 53.6 Å². The second-order valence-corrected chi connectivity index (χ2v) is 3.44. The number of hydrogen-bond donors (Lipinski definition) is 1. The third-order valence-corrected chi connectivity index (χ3v) is 2.27. The maximum absolute atomic E-state index is 9.70. The molecule has 0 spiro atoms. The molecule has 0 atom stereocenters. The molecule has 1 heterocycles. The third kappa shape index (κ3) is 2.25. The minimum absolute atomic E-state index is 0.134. The van der Waals surface area contributed by atoms with E-state index >= 15 is 0 Å². The number of nitrogens with zero attached hydrogens (tertiary/aromatic N) is 2. The Bertz CT molecular complexity index is 507. The molecule has 0 radical (unpaired) electrons. The van der Waals surface area contributed by atoms with Crippen LogP contribution in [-0.2, 0) is 0 Å². The molecule has 1 N–H and O–H groups in total. The van der Waals surface area contributed by atoms with Crippen LogP contribution in [0.5, 0.6) is 5.75 Å². The van der Waals surface area contributed by atoms with Crippen molar-refractivity contribution < 1.29 is 5.11 Å². The predicted octanol–water partition coefficient (Wildman–Crippen LogP) is 2.66. The van der Waals surface area contributed by atoms with Crippen molar-refractivity contribution in [2.24, 2.45) is 0 Å².